The van der Waals surface area contributed by atoms with Crippen LogP contribution in [0.3, 0.4) is 0 Å². The Morgan fingerprint density at radius 2 is 2.00 bits per heavy atom. The summed E-state index contributed by atoms with van der Waals surface area (Å²) in [6, 6.07) is 3.46. The van der Waals surface area contributed by atoms with Crippen molar-refractivity contribution in [2.24, 2.45) is 0 Å². The average Bonchev–Trinajstić information content (AvgIpc) is 2.97. The number of hydrogen-bond donors (Lipinski definition) is 1. The first kappa shape index (κ1) is 11.8. The smallest absolute Gasteiger partial charge is 0.231 e. The van der Waals surface area contributed by atoms with Crippen molar-refractivity contribution in [1.29, 1.82) is 0 Å². The third-order valence-corrected chi connectivity index (χ3v) is 4.49. The van der Waals surface area contributed by atoms with Crippen molar-refractivity contribution in [3.05, 3.63) is 17.7 Å². The van der Waals surface area contributed by atoms with Crippen molar-refractivity contribution >= 4 is 9.84 Å². The Morgan fingerprint density at radius 3 is 2.61 bits per heavy atom. The number of ether oxygens (including phenoxy) is 2. The van der Waals surface area contributed by atoms with E-state index in [9.17, 15) is 8.42 Å². The first-order valence-electron chi connectivity index (χ1n) is 5.93. The molecule has 1 N–H and O–H groups in total. The summed E-state index contributed by atoms with van der Waals surface area (Å²) in [5.41, 5.74) is 0.791. The van der Waals surface area contributed by atoms with Gasteiger partial charge in [-0.05, 0) is 31.0 Å². The lowest BCUT2D eigenvalue weighted by atomic mass is 10.0. The number of rotatable bonds is 2. The van der Waals surface area contributed by atoms with Crippen LogP contribution < -0.4 is 14.8 Å². The van der Waals surface area contributed by atoms with Crippen molar-refractivity contribution in [1.82, 2.24) is 5.32 Å². The zero-order chi connectivity index (χ0) is 12.8. The van der Waals surface area contributed by atoms with Gasteiger partial charge in [0, 0.05) is 18.4 Å². The van der Waals surface area contributed by atoms with Crippen LogP contribution in [0.1, 0.15) is 24.4 Å². The molecule has 5 nitrogen and oxygen atoms in total. The monoisotopic (exact) mass is 269 g/mol. The second kappa shape index (κ2) is 4.13. The number of hydrogen-bond acceptors (Lipinski definition) is 5. The topological polar surface area (TPSA) is 64.6 Å². The molecule has 1 unspecified atom stereocenters. The number of nitrogens with one attached hydrogen (secondary N) is 1. The van der Waals surface area contributed by atoms with Crippen LogP contribution in [0.25, 0.3) is 0 Å². The quantitative estimate of drug-likeness (QED) is 0.875. The Bertz CT molecular complexity index is 576. The van der Waals surface area contributed by atoms with Gasteiger partial charge >= 0.3 is 0 Å². The van der Waals surface area contributed by atoms with Gasteiger partial charge in [-0.3, -0.25) is 0 Å². The summed E-state index contributed by atoms with van der Waals surface area (Å²) < 4.78 is 34.3. The van der Waals surface area contributed by atoms with Gasteiger partial charge < -0.3 is 14.8 Å². The Morgan fingerprint density at radius 1 is 1.28 bits per heavy atom. The maximum atomic E-state index is 11.9. The molecule has 1 atom stereocenters. The molecule has 0 saturated carbocycles. The summed E-state index contributed by atoms with van der Waals surface area (Å²) in [4.78, 5) is 0.339. The summed E-state index contributed by atoms with van der Waals surface area (Å²) in [5, 5.41) is 3.32. The van der Waals surface area contributed by atoms with Gasteiger partial charge in [0.2, 0.25) is 6.79 Å². The number of fused-ring (bicyclic) bond motifs is 1. The summed E-state index contributed by atoms with van der Waals surface area (Å²) in [5.74, 6) is 1.14. The van der Waals surface area contributed by atoms with E-state index in [0.29, 0.717) is 16.4 Å². The molecule has 1 saturated heterocycles. The van der Waals surface area contributed by atoms with Crippen molar-refractivity contribution in [2.75, 3.05) is 19.6 Å². The van der Waals surface area contributed by atoms with Crippen LogP contribution in [0.4, 0.5) is 0 Å². The molecule has 3 rings (SSSR count). The average molecular weight is 269 g/mol. The minimum absolute atomic E-state index is 0.0872. The molecule has 0 aromatic heterocycles. The lowest BCUT2D eigenvalue weighted by molar-refractivity contribution is 0.174. The molecule has 18 heavy (non-hydrogen) atoms. The highest BCUT2D eigenvalue weighted by molar-refractivity contribution is 7.90. The predicted octanol–water partition coefficient (Wildman–Crippen LogP) is 1.24. The molecule has 0 bridgehead atoms. The number of benzene rings is 1. The summed E-state index contributed by atoms with van der Waals surface area (Å²) in [6.07, 6.45) is 3.23. The Balaban J connectivity index is 2.15. The molecule has 2 aliphatic heterocycles. The van der Waals surface area contributed by atoms with Crippen molar-refractivity contribution in [3.8, 4) is 11.5 Å². The van der Waals surface area contributed by atoms with Crippen LogP contribution >= 0.6 is 0 Å². The molecule has 98 valence electrons. The molecule has 1 aromatic carbocycles. The minimum Gasteiger partial charge on any atom is -0.454 e. The van der Waals surface area contributed by atoms with Crippen LogP contribution in [-0.4, -0.2) is 28.0 Å². The summed E-state index contributed by atoms with van der Waals surface area (Å²) >= 11 is 0. The third-order valence-electron chi connectivity index (χ3n) is 3.34. The summed E-state index contributed by atoms with van der Waals surface area (Å²) in [7, 11) is -3.27. The van der Waals surface area contributed by atoms with E-state index in [1.165, 1.54) is 6.26 Å². The van der Waals surface area contributed by atoms with Gasteiger partial charge in [-0.15, -0.1) is 0 Å². The summed E-state index contributed by atoms with van der Waals surface area (Å²) in [6.45, 7) is 1.07. The van der Waals surface area contributed by atoms with Crippen LogP contribution in [0.5, 0.6) is 11.5 Å². The minimum atomic E-state index is -3.27. The first-order chi connectivity index (χ1) is 8.55. The lowest BCUT2D eigenvalue weighted by Crippen LogP contribution is -2.16. The fourth-order valence-electron chi connectivity index (χ4n) is 2.48. The van der Waals surface area contributed by atoms with E-state index < -0.39 is 9.84 Å². The van der Waals surface area contributed by atoms with Crippen molar-refractivity contribution in [2.45, 2.75) is 23.8 Å². The first-order valence-corrected chi connectivity index (χ1v) is 7.82. The molecule has 0 aliphatic carbocycles. The molecule has 1 aromatic rings. The molecule has 2 aliphatic rings. The second-order valence-corrected chi connectivity index (χ2v) is 6.65. The highest BCUT2D eigenvalue weighted by Crippen LogP contribution is 2.40. The highest BCUT2D eigenvalue weighted by Gasteiger charge is 2.27. The SMILES string of the molecule is CS(=O)(=O)c1cc2c(cc1C1CCCN1)OCO2. The Kier molecular flexibility index (Phi) is 2.71. The zero-order valence-corrected chi connectivity index (χ0v) is 10.9. The maximum Gasteiger partial charge on any atom is 0.231 e. The largest absolute Gasteiger partial charge is 0.454 e. The lowest BCUT2D eigenvalue weighted by Gasteiger charge is -2.15. The number of sulfone groups is 1. The van der Waals surface area contributed by atoms with Crippen molar-refractivity contribution in [3.63, 3.8) is 0 Å². The van der Waals surface area contributed by atoms with Crippen LogP contribution in [0.2, 0.25) is 0 Å². The standard InChI is InChI=1S/C12H15NO4S/c1-18(14,15)12-6-11-10(16-7-17-11)5-8(12)9-3-2-4-13-9/h5-6,9,13H,2-4,7H2,1H3. The van der Waals surface area contributed by atoms with E-state index in [1.54, 1.807) is 12.1 Å². The van der Waals surface area contributed by atoms with Gasteiger partial charge in [0.15, 0.2) is 21.3 Å². The van der Waals surface area contributed by atoms with E-state index in [4.69, 9.17) is 9.47 Å². The van der Waals surface area contributed by atoms with E-state index in [1.807, 2.05) is 0 Å². The van der Waals surface area contributed by atoms with Crippen LogP contribution in [-0.2, 0) is 9.84 Å². The van der Waals surface area contributed by atoms with Gasteiger partial charge in [0.1, 0.15) is 0 Å². The zero-order valence-electron chi connectivity index (χ0n) is 10.1. The molecule has 2 heterocycles. The fraction of sp³-hybridized carbons (Fsp3) is 0.500. The molecular weight excluding hydrogens is 254 g/mol. The normalized spacial score (nSPS) is 22.4. The molecule has 6 heteroatoms. The molecule has 1 fully saturated rings. The van der Waals surface area contributed by atoms with Crippen molar-refractivity contribution < 1.29 is 17.9 Å². The van der Waals surface area contributed by atoms with Gasteiger partial charge in [0.05, 0.1) is 4.90 Å². The predicted molar refractivity (Wildman–Crippen MR) is 65.7 cm³/mol. The van der Waals surface area contributed by atoms with E-state index in [2.05, 4.69) is 5.32 Å². The Labute approximate surface area is 106 Å². The van der Waals surface area contributed by atoms with Crippen LogP contribution in [0, 0.1) is 0 Å². The molecular formula is C12H15NO4S. The van der Waals surface area contributed by atoms with E-state index in [-0.39, 0.29) is 12.8 Å². The molecule has 0 amide bonds. The van der Waals surface area contributed by atoms with Gasteiger partial charge in [-0.1, -0.05) is 0 Å². The fourth-order valence-corrected chi connectivity index (χ4v) is 3.43. The molecule has 0 radical (unpaired) electrons. The van der Waals surface area contributed by atoms with Gasteiger partial charge in [-0.2, -0.15) is 0 Å². The highest BCUT2D eigenvalue weighted by atomic mass is 32.2. The second-order valence-electron chi connectivity index (χ2n) is 4.66. The van der Waals surface area contributed by atoms with Crippen LogP contribution in [0.15, 0.2) is 17.0 Å². The van der Waals surface area contributed by atoms with Gasteiger partial charge in [-0.25, -0.2) is 8.42 Å². The van der Waals surface area contributed by atoms with Gasteiger partial charge in [0.25, 0.3) is 0 Å². The Hall–Kier alpha value is -1.27. The van der Waals surface area contributed by atoms with E-state index in [0.717, 1.165) is 24.9 Å². The third kappa shape index (κ3) is 1.95. The molecule has 0 spiro atoms. The maximum absolute atomic E-state index is 11.9. The van der Waals surface area contributed by atoms with E-state index >= 15 is 0 Å².